The molecule has 1 rings (SSSR count). The molecule has 1 unspecified atom stereocenters. The Morgan fingerprint density at radius 3 is 2.75 bits per heavy atom. The van der Waals surface area contributed by atoms with Crippen LogP contribution in [0.3, 0.4) is 0 Å². The van der Waals surface area contributed by atoms with Crippen molar-refractivity contribution in [2.24, 2.45) is 0 Å². The zero-order valence-electron chi connectivity index (χ0n) is 6.60. The first-order valence-corrected chi connectivity index (χ1v) is 3.34. The van der Waals surface area contributed by atoms with Crippen molar-refractivity contribution in [3.63, 3.8) is 0 Å². The highest BCUT2D eigenvalue weighted by Gasteiger charge is 2.13. The lowest BCUT2D eigenvalue weighted by Gasteiger charge is -2.07. The largest absolute Gasteiger partial charge is 0.382 e. The van der Waals surface area contributed by atoms with Gasteiger partial charge in [-0.15, -0.1) is 0 Å². The van der Waals surface area contributed by atoms with Crippen molar-refractivity contribution in [2.45, 2.75) is 6.10 Å². The first-order valence-electron chi connectivity index (χ1n) is 3.34. The summed E-state index contributed by atoms with van der Waals surface area (Å²) in [7, 11) is 1.41. The van der Waals surface area contributed by atoms with Crippen LogP contribution in [0, 0.1) is 0 Å². The molecule has 5 heteroatoms. The average molecular weight is 167 g/mol. The van der Waals surface area contributed by atoms with E-state index in [0.29, 0.717) is 12.0 Å². The monoisotopic (exact) mass is 167 g/mol. The van der Waals surface area contributed by atoms with E-state index in [9.17, 15) is 4.79 Å². The van der Waals surface area contributed by atoms with Crippen LogP contribution in [0.2, 0.25) is 0 Å². The predicted molar refractivity (Wildman–Crippen MR) is 42.3 cm³/mol. The lowest BCUT2D eigenvalue weighted by molar-refractivity contribution is -0.116. The number of nitrogens with zero attached hydrogens (tertiary/aromatic N) is 2. The molecular formula is C7H9N3O2. The summed E-state index contributed by atoms with van der Waals surface area (Å²) in [6.07, 6.45) is 2.82. The van der Waals surface area contributed by atoms with E-state index in [1.165, 1.54) is 19.5 Å². The maximum absolute atomic E-state index is 10.4. The van der Waals surface area contributed by atoms with Crippen LogP contribution in [0.1, 0.15) is 11.8 Å². The van der Waals surface area contributed by atoms with Crippen LogP contribution in [0.15, 0.2) is 12.4 Å². The van der Waals surface area contributed by atoms with Crippen LogP contribution in [-0.4, -0.2) is 23.4 Å². The van der Waals surface area contributed by atoms with Crippen LogP contribution >= 0.6 is 0 Å². The van der Waals surface area contributed by atoms with Crippen LogP contribution in [0.25, 0.3) is 0 Å². The molecule has 0 saturated heterocycles. The molecule has 0 bridgehead atoms. The van der Waals surface area contributed by atoms with Gasteiger partial charge < -0.3 is 10.5 Å². The molecular weight excluding hydrogens is 158 g/mol. The van der Waals surface area contributed by atoms with Gasteiger partial charge in [-0.1, -0.05) is 0 Å². The molecule has 1 aromatic rings. The summed E-state index contributed by atoms with van der Waals surface area (Å²) in [5.74, 6) is 0.219. The number of nitrogen functional groups attached to an aromatic ring is 1. The second-order valence-corrected chi connectivity index (χ2v) is 2.12. The lowest BCUT2D eigenvalue weighted by Crippen LogP contribution is -2.09. The van der Waals surface area contributed by atoms with Crippen molar-refractivity contribution in [2.75, 3.05) is 12.8 Å². The number of ether oxygens (including phenoxy) is 1. The predicted octanol–water partition coefficient (Wildman–Crippen LogP) is -0.0548. The Morgan fingerprint density at radius 2 is 2.25 bits per heavy atom. The maximum Gasteiger partial charge on any atom is 0.158 e. The molecule has 0 aromatic carbocycles. The number of anilines is 1. The maximum atomic E-state index is 10.4. The van der Waals surface area contributed by atoms with Crippen molar-refractivity contribution >= 4 is 12.1 Å². The summed E-state index contributed by atoms with van der Waals surface area (Å²) in [5, 5.41) is 0. The Labute approximate surface area is 69.6 Å². The van der Waals surface area contributed by atoms with Crippen LogP contribution in [0.5, 0.6) is 0 Å². The fourth-order valence-corrected chi connectivity index (χ4v) is 0.810. The standard InChI is InChI=1S/C7H9N3O2/c1-12-5(4-11)6-7(8)10-3-2-9-6/h2-5H,1H3,(H2,8,10). The van der Waals surface area contributed by atoms with Crippen molar-refractivity contribution in [1.29, 1.82) is 0 Å². The van der Waals surface area contributed by atoms with E-state index in [1.54, 1.807) is 0 Å². The number of hydrogen-bond acceptors (Lipinski definition) is 5. The van der Waals surface area contributed by atoms with Crippen molar-refractivity contribution in [3.8, 4) is 0 Å². The van der Waals surface area contributed by atoms with Crippen molar-refractivity contribution in [3.05, 3.63) is 18.1 Å². The van der Waals surface area contributed by atoms with Gasteiger partial charge in [0.05, 0.1) is 0 Å². The Hall–Kier alpha value is -1.49. The first-order chi connectivity index (χ1) is 5.79. The molecule has 64 valence electrons. The third-order valence-electron chi connectivity index (χ3n) is 1.40. The summed E-state index contributed by atoms with van der Waals surface area (Å²) in [4.78, 5) is 18.1. The summed E-state index contributed by atoms with van der Waals surface area (Å²) >= 11 is 0. The Kier molecular flexibility index (Phi) is 2.71. The Bertz CT molecular complexity index is 277. The molecule has 0 saturated carbocycles. The second kappa shape index (κ2) is 3.77. The van der Waals surface area contributed by atoms with E-state index in [0.717, 1.165) is 0 Å². The quantitative estimate of drug-likeness (QED) is 0.638. The fourth-order valence-electron chi connectivity index (χ4n) is 0.810. The topological polar surface area (TPSA) is 78.1 Å². The van der Waals surface area contributed by atoms with Gasteiger partial charge in [0.25, 0.3) is 0 Å². The molecule has 1 aromatic heterocycles. The number of aldehydes is 1. The number of carbonyl (C=O) groups excluding carboxylic acids is 1. The van der Waals surface area contributed by atoms with Gasteiger partial charge in [0, 0.05) is 19.5 Å². The van der Waals surface area contributed by atoms with Gasteiger partial charge in [-0.25, -0.2) is 4.98 Å². The number of carbonyl (C=O) groups is 1. The van der Waals surface area contributed by atoms with E-state index >= 15 is 0 Å². The molecule has 0 radical (unpaired) electrons. The van der Waals surface area contributed by atoms with Gasteiger partial charge in [-0.3, -0.25) is 9.78 Å². The highest BCUT2D eigenvalue weighted by atomic mass is 16.5. The minimum Gasteiger partial charge on any atom is -0.382 e. The molecule has 0 amide bonds. The summed E-state index contributed by atoms with van der Waals surface area (Å²) < 4.78 is 4.82. The van der Waals surface area contributed by atoms with Gasteiger partial charge in [0.15, 0.2) is 12.4 Å². The lowest BCUT2D eigenvalue weighted by atomic mass is 10.2. The average Bonchev–Trinajstić information content (AvgIpc) is 2.10. The van der Waals surface area contributed by atoms with E-state index in [1.807, 2.05) is 0 Å². The van der Waals surface area contributed by atoms with Crippen molar-refractivity contribution < 1.29 is 9.53 Å². The van der Waals surface area contributed by atoms with Gasteiger partial charge in [-0.05, 0) is 0 Å². The van der Waals surface area contributed by atoms with Crippen LogP contribution in [0.4, 0.5) is 5.82 Å². The number of rotatable bonds is 3. The van der Waals surface area contributed by atoms with E-state index in [4.69, 9.17) is 10.5 Å². The summed E-state index contributed by atoms with van der Waals surface area (Å²) in [6, 6.07) is 0. The third-order valence-corrected chi connectivity index (χ3v) is 1.40. The van der Waals surface area contributed by atoms with Crippen LogP contribution in [-0.2, 0) is 9.53 Å². The molecule has 5 nitrogen and oxygen atoms in total. The van der Waals surface area contributed by atoms with E-state index in [-0.39, 0.29) is 5.82 Å². The zero-order chi connectivity index (χ0) is 8.97. The molecule has 12 heavy (non-hydrogen) atoms. The Morgan fingerprint density at radius 1 is 1.58 bits per heavy atom. The zero-order valence-corrected chi connectivity index (χ0v) is 6.60. The third kappa shape index (κ3) is 1.57. The molecule has 2 N–H and O–H groups in total. The normalized spacial score (nSPS) is 12.4. The molecule has 0 aliphatic carbocycles. The minimum atomic E-state index is -0.723. The number of nitrogens with two attached hydrogens (primary N) is 1. The molecule has 1 atom stereocenters. The molecule has 0 aliphatic rings. The minimum absolute atomic E-state index is 0.219. The van der Waals surface area contributed by atoms with Gasteiger partial charge >= 0.3 is 0 Å². The van der Waals surface area contributed by atoms with E-state index < -0.39 is 6.10 Å². The first kappa shape index (κ1) is 8.61. The highest BCUT2D eigenvalue weighted by molar-refractivity contribution is 5.61. The molecule has 0 fully saturated rings. The number of methoxy groups -OCH3 is 1. The van der Waals surface area contributed by atoms with Gasteiger partial charge in [0.2, 0.25) is 0 Å². The molecule has 1 heterocycles. The SMILES string of the molecule is COC(C=O)c1nccnc1N. The summed E-state index contributed by atoms with van der Waals surface area (Å²) in [6.45, 7) is 0. The summed E-state index contributed by atoms with van der Waals surface area (Å²) in [5.41, 5.74) is 5.82. The van der Waals surface area contributed by atoms with Gasteiger partial charge in [0.1, 0.15) is 11.5 Å². The molecule has 0 aliphatic heterocycles. The molecule has 0 spiro atoms. The Balaban J connectivity index is 3.00. The van der Waals surface area contributed by atoms with Crippen molar-refractivity contribution in [1.82, 2.24) is 9.97 Å². The number of hydrogen-bond donors (Lipinski definition) is 1. The van der Waals surface area contributed by atoms with Gasteiger partial charge in [-0.2, -0.15) is 0 Å². The number of aromatic nitrogens is 2. The second-order valence-electron chi connectivity index (χ2n) is 2.12. The van der Waals surface area contributed by atoms with Crippen LogP contribution < -0.4 is 5.73 Å². The fraction of sp³-hybridized carbons (Fsp3) is 0.286. The highest BCUT2D eigenvalue weighted by Crippen LogP contribution is 2.15. The smallest absolute Gasteiger partial charge is 0.158 e. The van der Waals surface area contributed by atoms with E-state index in [2.05, 4.69) is 9.97 Å².